The zero-order valence-electron chi connectivity index (χ0n) is 20.7. The molecular weight excluding hydrogens is 420 g/mol. The van der Waals surface area contributed by atoms with Gasteiger partial charge in [-0.15, -0.1) is 0 Å². The van der Waals surface area contributed by atoms with Gasteiger partial charge in [0.25, 0.3) is 0 Å². The lowest BCUT2D eigenvalue weighted by Crippen LogP contribution is -2.08. The molecule has 0 bridgehead atoms. The average molecular weight is 461 g/mol. The van der Waals surface area contributed by atoms with Crippen molar-refractivity contribution in [2.45, 2.75) is 33.1 Å². The van der Waals surface area contributed by atoms with Crippen molar-refractivity contribution in [2.75, 3.05) is 67.1 Å². The molecule has 0 unspecified atom stereocenters. The van der Waals surface area contributed by atoms with Gasteiger partial charge in [0.15, 0.2) is 0 Å². The molecule has 6 nitrogen and oxygen atoms in total. The molecule has 33 heavy (non-hydrogen) atoms. The molecule has 184 valence electrons. The molecule has 0 saturated heterocycles. The van der Waals surface area contributed by atoms with Gasteiger partial charge in [0.1, 0.15) is 24.7 Å². The van der Waals surface area contributed by atoms with Crippen LogP contribution in [0.5, 0.6) is 11.5 Å². The highest BCUT2D eigenvalue weighted by atomic mass is 16.5. The van der Waals surface area contributed by atoms with Crippen molar-refractivity contribution in [3.63, 3.8) is 0 Å². The van der Waals surface area contributed by atoms with Crippen molar-refractivity contribution in [1.29, 1.82) is 0 Å². The number of methoxy groups -OCH3 is 2. The molecule has 0 saturated carbocycles. The number of benzene rings is 2. The summed E-state index contributed by atoms with van der Waals surface area (Å²) in [4.78, 5) is 0. The molecule has 0 fully saturated rings. The summed E-state index contributed by atoms with van der Waals surface area (Å²) >= 11 is 0. The highest BCUT2D eigenvalue weighted by molar-refractivity contribution is 5.73. The van der Waals surface area contributed by atoms with Crippen molar-refractivity contribution < 1.29 is 28.4 Å². The predicted octanol–water partition coefficient (Wildman–Crippen LogP) is 5.22. The topological polar surface area (TPSA) is 55.4 Å². The molecule has 0 N–H and O–H groups in total. The summed E-state index contributed by atoms with van der Waals surface area (Å²) < 4.78 is 33.1. The van der Waals surface area contributed by atoms with Crippen LogP contribution in [0.15, 0.2) is 36.4 Å². The van der Waals surface area contributed by atoms with E-state index >= 15 is 0 Å². The predicted molar refractivity (Wildman–Crippen MR) is 132 cm³/mol. The molecule has 2 aromatic carbocycles. The van der Waals surface area contributed by atoms with Crippen molar-refractivity contribution in [3.8, 4) is 22.6 Å². The van der Waals surface area contributed by atoms with E-state index in [0.717, 1.165) is 55.1 Å². The number of ether oxygens (including phenoxy) is 6. The Kier molecular flexibility index (Phi) is 13.6. The van der Waals surface area contributed by atoms with Crippen molar-refractivity contribution >= 4 is 0 Å². The molecule has 0 radical (unpaired) electrons. The quantitative estimate of drug-likeness (QED) is 0.284. The molecule has 0 aromatic heterocycles. The maximum Gasteiger partial charge on any atom is 0.120 e. The molecule has 2 aromatic rings. The summed E-state index contributed by atoms with van der Waals surface area (Å²) in [5.41, 5.74) is 4.67. The van der Waals surface area contributed by atoms with Crippen LogP contribution in [0.2, 0.25) is 0 Å². The van der Waals surface area contributed by atoms with Gasteiger partial charge in [-0.25, -0.2) is 0 Å². The summed E-state index contributed by atoms with van der Waals surface area (Å²) in [5.74, 6) is 1.68. The fourth-order valence-electron chi connectivity index (χ4n) is 3.36. The highest BCUT2D eigenvalue weighted by Crippen LogP contribution is 2.32. The number of hydrogen-bond donors (Lipinski definition) is 0. The van der Waals surface area contributed by atoms with E-state index in [2.05, 4.69) is 38.1 Å². The Hall–Kier alpha value is -2.12. The van der Waals surface area contributed by atoms with Gasteiger partial charge in [-0.05, 0) is 79.6 Å². The van der Waals surface area contributed by atoms with Crippen LogP contribution in [0.25, 0.3) is 11.1 Å². The fourth-order valence-corrected chi connectivity index (χ4v) is 3.36. The number of aryl methyl sites for hydroxylation is 2. The lowest BCUT2D eigenvalue weighted by Gasteiger charge is -2.15. The van der Waals surface area contributed by atoms with Crippen LogP contribution in [0.1, 0.15) is 30.4 Å². The van der Waals surface area contributed by atoms with Crippen molar-refractivity contribution in [1.82, 2.24) is 0 Å². The van der Waals surface area contributed by atoms with Gasteiger partial charge in [-0.2, -0.15) is 0 Å². The first kappa shape index (κ1) is 27.1. The van der Waals surface area contributed by atoms with E-state index in [0.29, 0.717) is 39.6 Å². The van der Waals surface area contributed by atoms with Crippen LogP contribution in [0.4, 0.5) is 0 Å². The summed E-state index contributed by atoms with van der Waals surface area (Å²) in [5, 5.41) is 0. The van der Waals surface area contributed by atoms with Crippen LogP contribution in [-0.2, 0) is 18.9 Å². The first-order chi connectivity index (χ1) is 16.2. The van der Waals surface area contributed by atoms with Gasteiger partial charge < -0.3 is 28.4 Å². The molecule has 0 aliphatic rings. The third-order valence-corrected chi connectivity index (χ3v) is 5.23. The van der Waals surface area contributed by atoms with E-state index in [1.165, 1.54) is 11.1 Å². The molecule has 0 spiro atoms. The molecular formula is C27H40O6. The SMILES string of the molecule is COCCCCOCCOc1ccc(C)c(-c2cc(OCCOCCCOC)ccc2C)c1. The first-order valence-electron chi connectivity index (χ1n) is 11.8. The third-order valence-electron chi connectivity index (χ3n) is 5.23. The molecule has 0 aliphatic heterocycles. The molecule has 2 rings (SSSR count). The molecule has 6 heteroatoms. The summed E-state index contributed by atoms with van der Waals surface area (Å²) in [7, 11) is 3.42. The van der Waals surface area contributed by atoms with Crippen molar-refractivity contribution in [3.05, 3.63) is 47.5 Å². The lowest BCUT2D eigenvalue weighted by molar-refractivity contribution is 0.0806. The smallest absolute Gasteiger partial charge is 0.120 e. The van der Waals surface area contributed by atoms with E-state index in [1.54, 1.807) is 14.2 Å². The standard InChI is InChI=1S/C27H40O6/c1-22-8-10-24(32-18-16-30-14-6-5-12-28-3)20-26(22)27-21-25(11-9-23(27)2)33-19-17-31-15-7-13-29-4/h8-11,20-21H,5-7,12-19H2,1-4H3. The van der Waals surface area contributed by atoms with Gasteiger partial charge >= 0.3 is 0 Å². The summed E-state index contributed by atoms with van der Waals surface area (Å²) in [6, 6.07) is 12.4. The minimum absolute atomic E-state index is 0.517. The third kappa shape index (κ3) is 10.6. The Balaban J connectivity index is 1.87. The van der Waals surface area contributed by atoms with Gasteiger partial charge in [0.2, 0.25) is 0 Å². The van der Waals surface area contributed by atoms with Gasteiger partial charge in [-0.3, -0.25) is 0 Å². The largest absolute Gasteiger partial charge is 0.491 e. The zero-order valence-corrected chi connectivity index (χ0v) is 20.7. The van der Waals surface area contributed by atoms with Gasteiger partial charge in [0.05, 0.1) is 13.2 Å². The number of unbranched alkanes of at least 4 members (excludes halogenated alkanes) is 1. The molecule has 0 amide bonds. The van der Waals surface area contributed by atoms with E-state index in [1.807, 2.05) is 12.1 Å². The monoisotopic (exact) mass is 460 g/mol. The number of hydrogen-bond acceptors (Lipinski definition) is 6. The van der Waals surface area contributed by atoms with Crippen LogP contribution >= 0.6 is 0 Å². The summed E-state index contributed by atoms with van der Waals surface area (Å²) in [6.45, 7) is 9.31. The van der Waals surface area contributed by atoms with Crippen LogP contribution < -0.4 is 9.47 Å². The second-order valence-electron chi connectivity index (χ2n) is 7.92. The zero-order chi connectivity index (χ0) is 23.7. The average Bonchev–Trinajstić information content (AvgIpc) is 2.82. The Morgan fingerprint density at radius 1 is 0.515 bits per heavy atom. The molecule has 0 aliphatic carbocycles. The first-order valence-corrected chi connectivity index (χ1v) is 11.8. The minimum atomic E-state index is 0.517. The van der Waals surface area contributed by atoms with Crippen molar-refractivity contribution in [2.24, 2.45) is 0 Å². The van der Waals surface area contributed by atoms with E-state index in [9.17, 15) is 0 Å². The maximum absolute atomic E-state index is 5.93. The second kappa shape index (κ2) is 16.5. The van der Waals surface area contributed by atoms with Gasteiger partial charge in [-0.1, -0.05) is 12.1 Å². The van der Waals surface area contributed by atoms with Crippen LogP contribution in [0, 0.1) is 13.8 Å². The molecule has 0 atom stereocenters. The summed E-state index contributed by atoms with van der Waals surface area (Å²) in [6.07, 6.45) is 2.91. The van der Waals surface area contributed by atoms with E-state index in [-0.39, 0.29) is 0 Å². The maximum atomic E-state index is 5.93. The molecule has 0 heterocycles. The minimum Gasteiger partial charge on any atom is -0.491 e. The van der Waals surface area contributed by atoms with E-state index < -0.39 is 0 Å². The Morgan fingerprint density at radius 2 is 0.970 bits per heavy atom. The lowest BCUT2D eigenvalue weighted by atomic mass is 9.96. The fraction of sp³-hybridized carbons (Fsp3) is 0.556. The number of rotatable bonds is 18. The van der Waals surface area contributed by atoms with Gasteiger partial charge in [0, 0.05) is 40.6 Å². The Labute approximate surface area is 199 Å². The van der Waals surface area contributed by atoms with Crippen LogP contribution in [0.3, 0.4) is 0 Å². The second-order valence-corrected chi connectivity index (χ2v) is 7.92. The van der Waals surface area contributed by atoms with Crippen LogP contribution in [-0.4, -0.2) is 67.1 Å². The normalized spacial score (nSPS) is 11.0. The Morgan fingerprint density at radius 3 is 1.48 bits per heavy atom. The Bertz CT molecular complexity index is 792. The highest BCUT2D eigenvalue weighted by Gasteiger charge is 2.09. The van der Waals surface area contributed by atoms with E-state index in [4.69, 9.17) is 28.4 Å².